The fraction of sp³-hybridized carbons (Fsp3) is 0.765. The SMILES string of the molecule is CCCc1cc(N2CCC(CNC(C)(C)C)CC2)ncn1. The first kappa shape index (κ1) is 16.2. The van der Waals surface area contributed by atoms with Crippen molar-refractivity contribution in [2.24, 2.45) is 5.92 Å². The van der Waals surface area contributed by atoms with E-state index in [9.17, 15) is 0 Å². The lowest BCUT2D eigenvalue weighted by molar-refractivity contribution is 0.328. The molecule has 4 heteroatoms. The minimum absolute atomic E-state index is 0.221. The number of hydrogen-bond acceptors (Lipinski definition) is 4. The molecule has 1 fully saturated rings. The van der Waals surface area contributed by atoms with Gasteiger partial charge in [-0.3, -0.25) is 0 Å². The van der Waals surface area contributed by atoms with Crippen LogP contribution in [-0.4, -0.2) is 35.1 Å². The molecule has 4 nitrogen and oxygen atoms in total. The number of nitrogens with zero attached hydrogens (tertiary/aromatic N) is 3. The molecule has 21 heavy (non-hydrogen) atoms. The summed E-state index contributed by atoms with van der Waals surface area (Å²) < 4.78 is 0. The van der Waals surface area contributed by atoms with E-state index in [1.807, 2.05) is 0 Å². The Bertz CT molecular complexity index is 431. The molecule has 0 saturated carbocycles. The van der Waals surface area contributed by atoms with Gasteiger partial charge in [-0.2, -0.15) is 0 Å². The van der Waals surface area contributed by atoms with Gasteiger partial charge >= 0.3 is 0 Å². The molecule has 1 saturated heterocycles. The van der Waals surface area contributed by atoms with Crippen molar-refractivity contribution in [3.63, 3.8) is 0 Å². The first-order chi connectivity index (χ1) is 9.98. The Hall–Kier alpha value is -1.16. The second-order valence-electron chi connectivity index (χ2n) is 7.18. The Morgan fingerprint density at radius 1 is 1.24 bits per heavy atom. The molecule has 1 aliphatic heterocycles. The summed E-state index contributed by atoms with van der Waals surface area (Å²) in [5.74, 6) is 1.90. The highest BCUT2D eigenvalue weighted by Gasteiger charge is 2.21. The number of aromatic nitrogens is 2. The van der Waals surface area contributed by atoms with Crippen LogP contribution >= 0.6 is 0 Å². The minimum Gasteiger partial charge on any atom is -0.356 e. The molecule has 1 N–H and O–H groups in total. The van der Waals surface area contributed by atoms with Crippen LogP contribution in [0.5, 0.6) is 0 Å². The van der Waals surface area contributed by atoms with E-state index >= 15 is 0 Å². The van der Waals surface area contributed by atoms with E-state index in [-0.39, 0.29) is 5.54 Å². The van der Waals surface area contributed by atoms with Crippen LogP contribution in [0.25, 0.3) is 0 Å². The number of nitrogens with one attached hydrogen (secondary N) is 1. The molecule has 118 valence electrons. The third kappa shape index (κ3) is 5.27. The van der Waals surface area contributed by atoms with E-state index < -0.39 is 0 Å². The van der Waals surface area contributed by atoms with Crippen molar-refractivity contribution in [3.8, 4) is 0 Å². The second kappa shape index (κ2) is 7.21. The predicted molar refractivity (Wildman–Crippen MR) is 88.7 cm³/mol. The summed E-state index contributed by atoms with van der Waals surface area (Å²) in [6.45, 7) is 12.2. The molecule has 0 unspecified atom stereocenters. The zero-order valence-electron chi connectivity index (χ0n) is 14.0. The van der Waals surface area contributed by atoms with E-state index in [1.165, 1.54) is 18.5 Å². The molecular formula is C17H30N4. The third-order valence-corrected chi connectivity index (χ3v) is 4.08. The van der Waals surface area contributed by atoms with Gasteiger partial charge in [0, 0.05) is 30.4 Å². The quantitative estimate of drug-likeness (QED) is 0.905. The maximum absolute atomic E-state index is 4.45. The van der Waals surface area contributed by atoms with Gasteiger partial charge in [-0.05, 0) is 52.5 Å². The van der Waals surface area contributed by atoms with Gasteiger partial charge < -0.3 is 10.2 Å². The van der Waals surface area contributed by atoms with Crippen molar-refractivity contribution in [1.82, 2.24) is 15.3 Å². The highest BCUT2D eigenvalue weighted by molar-refractivity contribution is 5.39. The Morgan fingerprint density at radius 2 is 1.95 bits per heavy atom. The van der Waals surface area contributed by atoms with Crippen molar-refractivity contribution in [2.75, 3.05) is 24.5 Å². The number of piperidine rings is 1. The molecule has 0 spiro atoms. The minimum atomic E-state index is 0.221. The van der Waals surface area contributed by atoms with Crippen molar-refractivity contribution in [2.45, 2.75) is 58.9 Å². The number of rotatable bonds is 5. The lowest BCUT2D eigenvalue weighted by Gasteiger charge is -2.34. The average molecular weight is 290 g/mol. The van der Waals surface area contributed by atoms with Gasteiger partial charge in [-0.25, -0.2) is 9.97 Å². The summed E-state index contributed by atoms with van der Waals surface area (Å²) in [6, 6.07) is 2.16. The first-order valence-electron chi connectivity index (χ1n) is 8.29. The summed E-state index contributed by atoms with van der Waals surface area (Å²) >= 11 is 0. The summed E-state index contributed by atoms with van der Waals surface area (Å²) in [7, 11) is 0. The van der Waals surface area contributed by atoms with Crippen LogP contribution in [0.1, 0.15) is 52.7 Å². The summed E-state index contributed by atoms with van der Waals surface area (Å²) in [4.78, 5) is 11.2. The van der Waals surface area contributed by atoms with E-state index in [1.54, 1.807) is 6.33 Å². The van der Waals surface area contributed by atoms with Gasteiger partial charge in [-0.15, -0.1) is 0 Å². The highest BCUT2D eigenvalue weighted by Crippen LogP contribution is 2.22. The maximum Gasteiger partial charge on any atom is 0.132 e. The zero-order valence-corrected chi connectivity index (χ0v) is 14.0. The normalized spacial score (nSPS) is 17.2. The molecule has 0 aliphatic carbocycles. The Kier molecular flexibility index (Phi) is 5.57. The fourth-order valence-electron chi connectivity index (χ4n) is 2.77. The predicted octanol–water partition coefficient (Wildman–Crippen LogP) is 3.03. The summed E-state index contributed by atoms with van der Waals surface area (Å²) in [5.41, 5.74) is 1.39. The molecule has 2 heterocycles. The molecule has 0 atom stereocenters. The Balaban J connectivity index is 1.84. The topological polar surface area (TPSA) is 41.0 Å². The van der Waals surface area contributed by atoms with Gasteiger partial charge in [0.15, 0.2) is 0 Å². The first-order valence-corrected chi connectivity index (χ1v) is 8.29. The van der Waals surface area contributed by atoms with Gasteiger partial charge in [0.05, 0.1) is 0 Å². The van der Waals surface area contributed by atoms with E-state index in [0.29, 0.717) is 0 Å². The Labute approximate surface area is 129 Å². The largest absolute Gasteiger partial charge is 0.356 e. The average Bonchev–Trinajstić information content (AvgIpc) is 2.46. The van der Waals surface area contributed by atoms with Gasteiger partial charge in [0.25, 0.3) is 0 Å². The van der Waals surface area contributed by atoms with E-state index in [2.05, 4.69) is 53.9 Å². The van der Waals surface area contributed by atoms with Crippen LogP contribution in [-0.2, 0) is 6.42 Å². The van der Waals surface area contributed by atoms with Crippen molar-refractivity contribution in [3.05, 3.63) is 18.1 Å². The fourth-order valence-corrected chi connectivity index (χ4v) is 2.77. The van der Waals surface area contributed by atoms with Crippen LogP contribution in [0.15, 0.2) is 12.4 Å². The Morgan fingerprint density at radius 3 is 2.57 bits per heavy atom. The maximum atomic E-state index is 4.45. The molecule has 0 aromatic carbocycles. The van der Waals surface area contributed by atoms with E-state index in [4.69, 9.17) is 0 Å². The van der Waals surface area contributed by atoms with Crippen molar-refractivity contribution >= 4 is 5.82 Å². The van der Waals surface area contributed by atoms with E-state index in [0.717, 1.165) is 44.2 Å². The molecular weight excluding hydrogens is 260 g/mol. The molecule has 1 aromatic heterocycles. The molecule has 2 rings (SSSR count). The van der Waals surface area contributed by atoms with Crippen LogP contribution in [0.2, 0.25) is 0 Å². The lowest BCUT2D eigenvalue weighted by atomic mass is 9.95. The van der Waals surface area contributed by atoms with Crippen LogP contribution in [0.4, 0.5) is 5.82 Å². The van der Waals surface area contributed by atoms with Crippen molar-refractivity contribution in [1.29, 1.82) is 0 Å². The standard InChI is InChI=1S/C17H30N4/c1-5-6-15-11-16(19-13-18-15)21-9-7-14(8-10-21)12-20-17(2,3)4/h11,13-14,20H,5-10,12H2,1-4H3. The highest BCUT2D eigenvalue weighted by atomic mass is 15.2. The molecule has 0 amide bonds. The number of hydrogen-bond donors (Lipinski definition) is 1. The molecule has 0 bridgehead atoms. The third-order valence-electron chi connectivity index (χ3n) is 4.08. The molecule has 1 aliphatic rings. The van der Waals surface area contributed by atoms with Crippen LogP contribution < -0.4 is 10.2 Å². The van der Waals surface area contributed by atoms with Crippen molar-refractivity contribution < 1.29 is 0 Å². The zero-order chi connectivity index (χ0) is 15.3. The van der Waals surface area contributed by atoms with Gasteiger partial charge in [-0.1, -0.05) is 13.3 Å². The second-order valence-corrected chi connectivity index (χ2v) is 7.18. The number of anilines is 1. The number of aryl methyl sites for hydroxylation is 1. The van der Waals surface area contributed by atoms with Gasteiger partial charge in [0.2, 0.25) is 0 Å². The summed E-state index contributed by atoms with van der Waals surface area (Å²) in [6.07, 6.45) is 6.39. The molecule has 1 aromatic rings. The summed E-state index contributed by atoms with van der Waals surface area (Å²) in [5, 5.41) is 3.63. The lowest BCUT2D eigenvalue weighted by Crippen LogP contribution is -2.43. The molecule has 0 radical (unpaired) electrons. The van der Waals surface area contributed by atoms with Crippen LogP contribution in [0.3, 0.4) is 0 Å². The smallest absolute Gasteiger partial charge is 0.132 e. The van der Waals surface area contributed by atoms with Crippen LogP contribution in [0, 0.1) is 5.92 Å². The monoisotopic (exact) mass is 290 g/mol. The van der Waals surface area contributed by atoms with Gasteiger partial charge in [0.1, 0.15) is 12.1 Å².